The first kappa shape index (κ1) is 23.5. The molecule has 168 valence electrons. The molecule has 0 bridgehead atoms. The van der Waals surface area contributed by atoms with Crippen molar-refractivity contribution in [2.24, 2.45) is 0 Å². The third-order valence-corrected chi connectivity index (χ3v) is 5.48. The van der Waals surface area contributed by atoms with E-state index < -0.39 is 17.7 Å². The number of ether oxygens (including phenoxy) is 1. The van der Waals surface area contributed by atoms with E-state index in [1.807, 2.05) is 38.1 Å². The molecule has 0 saturated heterocycles. The highest BCUT2D eigenvalue weighted by Crippen LogP contribution is 2.24. The summed E-state index contributed by atoms with van der Waals surface area (Å²) in [5.74, 6) is -2.08. The number of methoxy groups -OCH3 is 1. The van der Waals surface area contributed by atoms with Gasteiger partial charge in [-0.15, -0.1) is 0 Å². The predicted octanol–water partition coefficient (Wildman–Crippen LogP) is 3.50. The Morgan fingerprint density at radius 3 is 2.50 bits per heavy atom. The number of benzene rings is 2. The molecule has 3 N–H and O–H groups in total. The number of rotatable bonds is 7. The van der Waals surface area contributed by atoms with Crippen LogP contribution in [0, 0.1) is 13.8 Å². The van der Waals surface area contributed by atoms with Gasteiger partial charge in [0.2, 0.25) is 0 Å². The van der Waals surface area contributed by atoms with E-state index in [9.17, 15) is 14.4 Å². The number of carbonyl (C=O) groups excluding carboxylic acids is 3. The standard InChI is InChI=1S/C23H25BrN4O4/c1-14-5-7-18(11-15(14)2)26-21(29)20-13-16-12-17(24)6-8-19(16)28(20)27-23(31)22(30)25-9-4-10-32-3/h5-8,11-13H,4,9-10H2,1-3H3,(H,25,30)(H,26,29)(H,27,31). The van der Waals surface area contributed by atoms with Gasteiger partial charge in [-0.05, 0) is 67.8 Å². The van der Waals surface area contributed by atoms with Gasteiger partial charge in [-0.1, -0.05) is 22.0 Å². The van der Waals surface area contributed by atoms with Gasteiger partial charge in [-0.2, -0.15) is 0 Å². The smallest absolute Gasteiger partial charge is 0.328 e. The average molecular weight is 501 g/mol. The summed E-state index contributed by atoms with van der Waals surface area (Å²) in [6.07, 6.45) is 0.583. The summed E-state index contributed by atoms with van der Waals surface area (Å²) in [7, 11) is 1.56. The van der Waals surface area contributed by atoms with Crippen LogP contribution in [0.3, 0.4) is 0 Å². The molecule has 32 heavy (non-hydrogen) atoms. The fourth-order valence-corrected chi connectivity index (χ4v) is 3.52. The highest BCUT2D eigenvalue weighted by molar-refractivity contribution is 9.10. The van der Waals surface area contributed by atoms with Crippen molar-refractivity contribution in [1.29, 1.82) is 0 Å². The molecular formula is C23H25BrN4O4. The number of anilines is 1. The second-order valence-corrected chi connectivity index (χ2v) is 8.28. The lowest BCUT2D eigenvalue weighted by molar-refractivity contribution is -0.136. The maximum Gasteiger partial charge on any atom is 0.328 e. The molecule has 0 saturated carbocycles. The van der Waals surface area contributed by atoms with Crippen LogP contribution in [0.1, 0.15) is 28.0 Å². The maximum atomic E-state index is 13.1. The molecule has 9 heteroatoms. The van der Waals surface area contributed by atoms with Gasteiger partial charge in [-0.25, -0.2) is 4.68 Å². The molecule has 0 radical (unpaired) electrons. The van der Waals surface area contributed by atoms with Crippen molar-refractivity contribution in [3.05, 3.63) is 63.8 Å². The van der Waals surface area contributed by atoms with E-state index in [4.69, 9.17) is 4.74 Å². The SMILES string of the molecule is COCCCNC(=O)C(=O)Nn1c(C(=O)Nc2ccc(C)c(C)c2)cc2cc(Br)ccc21. The van der Waals surface area contributed by atoms with Crippen LogP contribution in [-0.2, 0) is 14.3 Å². The number of carbonyl (C=O) groups is 3. The number of halogens is 1. The number of nitrogens with one attached hydrogen (secondary N) is 3. The Morgan fingerprint density at radius 1 is 1.00 bits per heavy atom. The van der Waals surface area contributed by atoms with Crippen molar-refractivity contribution < 1.29 is 19.1 Å². The van der Waals surface area contributed by atoms with Crippen LogP contribution < -0.4 is 16.1 Å². The Labute approximate surface area is 194 Å². The van der Waals surface area contributed by atoms with Crippen LogP contribution in [0.15, 0.2) is 46.9 Å². The minimum atomic E-state index is -0.872. The largest absolute Gasteiger partial charge is 0.385 e. The Morgan fingerprint density at radius 2 is 1.78 bits per heavy atom. The second kappa shape index (κ2) is 10.4. The van der Waals surface area contributed by atoms with Gasteiger partial charge in [-0.3, -0.25) is 19.8 Å². The number of fused-ring (bicyclic) bond motifs is 1. The molecule has 0 aliphatic heterocycles. The van der Waals surface area contributed by atoms with E-state index >= 15 is 0 Å². The summed E-state index contributed by atoms with van der Waals surface area (Å²) in [4.78, 5) is 37.7. The van der Waals surface area contributed by atoms with Crippen molar-refractivity contribution in [2.45, 2.75) is 20.3 Å². The van der Waals surface area contributed by atoms with Crippen molar-refractivity contribution >= 4 is 50.2 Å². The van der Waals surface area contributed by atoms with Crippen LogP contribution in [0.4, 0.5) is 5.69 Å². The van der Waals surface area contributed by atoms with Gasteiger partial charge < -0.3 is 15.4 Å². The van der Waals surface area contributed by atoms with Crippen molar-refractivity contribution in [3.63, 3.8) is 0 Å². The molecule has 0 fully saturated rings. The minimum Gasteiger partial charge on any atom is -0.385 e. The zero-order valence-corrected chi connectivity index (χ0v) is 19.7. The lowest BCUT2D eigenvalue weighted by Crippen LogP contribution is -2.40. The average Bonchev–Trinajstić information content (AvgIpc) is 3.11. The summed E-state index contributed by atoms with van der Waals surface area (Å²) >= 11 is 3.42. The first-order chi connectivity index (χ1) is 15.3. The van der Waals surface area contributed by atoms with Crippen LogP contribution in [0.25, 0.3) is 10.9 Å². The molecule has 2 aromatic carbocycles. The third kappa shape index (κ3) is 5.54. The highest BCUT2D eigenvalue weighted by Gasteiger charge is 2.21. The summed E-state index contributed by atoms with van der Waals surface area (Å²) in [6, 6.07) is 12.7. The van der Waals surface area contributed by atoms with E-state index in [0.717, 1.165) is 21.0 Å². The summed E-state index contributed by atoms with van der Waals surface area (Å²) in [5, 5.41) is 6.12. The van der Waals surface area contributed by atoms with E-state index in [0.29, 0.717) is 30.8 Å². The summed E-state index contributed by atoms with van der Waals surface area (Å²) in [6.45, 7) is 4.74. The van der Waals surface area contributed by atoms with Gasteiger partial charge in [0.05, 0.1) is 5.52 Å². The molecule has 1 heterocycles. The van der Waals surface area contributed by atoms with Gasteiger partial charge >= 0.3 is 11.8 Å². The molecule has 0 unspecified atom stereocenters. The normalized spacial score (nSPS) is 10.8. The van der Waals surface area contributed by atoms with E-state index in [2.05, 4.69) is 32.0 Å². The number of aryl methyl sites for hydroxylation is 2. The monoisotopic (exact) mass is 500 g/mol. The molecule has 0 aliphatic rings. The molecule has 0 spiro atoms. The topological polar surface area (TPSA) is 101 Å². The molecule has 8 nitrogen and oxygen atoms in total. The van der Waals surface area contributed by atoms with Gasteiger partial charge in [0.25, 0.3) is 5.91 Å². The van der Waals surface area contributed by atoms with Crippen molar-refractivity contribution in [3.8, 4) is 0 Å². The lowest BCUT2D eigenvalue weighted by Gasteiger charge is -2.13. The zero-order valence-electron chi connectivity index (χ0n) is 18.1. The number of amides is 3. The second-order valence-electron chi connectivity index (χ2n) is 7.36. The number of hydrogen-bond donors (Lipinski definition) is 3. The quantitative estimate of drug-likeness (QED) is 0.341. The van der Waals surface area contributed by atoms with E-state index in [-0.39, 0.29) is 5.69 Å². The van der Waals surface area contributed by atoms with E-state index in [1.165, 1.54) is 4.68 Å². The van der Waals surface area contributed by atoms with Crippen LogP contribution in [0.5, 0.6) is 0 Å². The lowest BCUT2D eigenvalue weighted by atomic mass is 10.1. The van der Waals surface area contributed by atoms with Crippen LogP contribution >= 0.6 is 15.9 Å². The molecule has 3 aromatic rings. The van der Waals surface area contributed by atoms with E-state index in [1.54, 1.807) is 25.3 Å². The molecule has 0 atom stereocenters. The molecule has 0 aliphatic carbocycles. The number of hydrogen-bond acceptors (Lipinski definition) is 4. The predicted molar refractivity (Wildman–Crippen MR) is 127 cm³/mol. The Bertz CT molecular complexity index is 1170. The summed E-state index contributed by atoms with van der Waals surface area (Å²) in [5.41, 5.74) is 6.11. The molecule has 3 amide bonds. The Hall–Kier alpha value is -3.17. The number of nitrogens with zero attached hydrogens (tertiary/aromatic N) is 1. The van der Waals surface area contributed by atoms with Crippen molar-refractivity contribution in [1.82, 2.24) is 9.99 Å². The Kier molecular flexibility index (Phi) is 7.66. The molecular weight excluding hydrogens is 476 g/mol. The number of aromatic nitrogens is 1. The molecule has 3 rings (SSSR count). The van der Waals surface area contributed by atoms with Crippen LogP contribution in [-0.4, -0.2) is 42.7 Å². The summed E-state index contributed by atoms with van der Waals surface area (Å²) < 4.78 is 7.08. The minimum absolute atomic E-state index is 0.192. The molecule has 1 aromatic heterocycles. The first-order valence-corrected chi connectivity index (χ1v) is 10.9. The van der Waals surface area contributed by atoms with Crippen molar-refractivity contribution in [2.75, 3.05) is 31.0 Å². The first-order valence-electron chi connectivity index (χ1n) is 10.1. The van der Waals surface area contributed by atoms with Crippen LogP contribution in [0.2, 0.25) is 0 Å². The van der Waals surface area contributed by atoms with Gasteiger partial charge in [0, 0.05) is 35.8 Å². The fourth-order valence-electron chi connectivity index (χ4n) is 3.14. The van der Waals surface area contributed by atoms with Gasteiger partial charge in [0.15, 0.2) is 0 Å². The third-order valence-electron chi connectivity index (χ3n) is 4.99. The zero-order chi connectivity index (χ0) is 23.3. The Balaban J connectivity index is 1.86. The highest BCUT2D eigenvalue weighted by atomic mass is 79.9. The maximum absolute atomic E-state index is 13.1. The fraction of sp³-hybridized carbons (Fsp3) is 0.261. The van der Waals surface area contributed by atoms with Gasteiger partial charge in [0.1, 0.15) is 5.69 Å².